The fourth-order valence-electron chi connectivity index (χ4n) is 3.28. The third-order valence-corrected chi connectivity index (χ3v) is 4.81. The second-order valence-corrected chi connectivity index (χ2v) is 7.02. The molecule has 0 aliphatic carbocycles. The number of para-hydroxylation sites is 1. The monoisotopic (exact) mass is 435 g/mol. The van der Waals surface area contributed by atoms with Crippen molar-refractivity contribution < 1.29 is 24.5 Å². The number of carbonyl (C=O) groups excluding carboxylic acids is 1. The first-order chi connectivity index (χ1) is 15.4. The van der Waals surface area contributed by atoms with Crippen LogP contribution in [0.2, 0.25) is 0 Å². The number of pyridine rings is 1. The molecule has 162 valence electrons. The molecule has 1 amide bonds. The van der Waals surface area contributed by atoms with Gasteiger partial charge in [0.25, 0.3) is 5.91 Å². The van der Waals surface area contributed by atoms with E-state index in [9.17, 15) is 24.5 Å². The van der Waals surface area contributed by atoms with Crippen molar-refractivity contribution in [3.63, 3.8) is 0 Å². The number of nitrogens with zero attached hydrogens (tertiary/aromatic N) is 5. The summed E-state index contributed by atoms with van der Waals surface area (Å²) in [5.74, 6) is -2.19. The molecular formula is C22H18FN5O4. The molecule has 2 heterocycles. The number of aromatic nitrogens is 4. The molecule has 4 aromatic rings. The van der Waals surface area contributed by atoms with Gasteiger partial charge in [-0.3, -0.25) is 9.78 Å². The number of phenolic OH excluding ortho intramolecular Hbond substituents is 2. The third kappa shape index (κ3) is 3.81. The lowest BCUT2D eigenvalue weighted by atomic mass is 10.1. The van der Waals surface area contributed by atoms with Crippen LogP contribution in [0.15, 0.2) is 60.9 Å². The van der Waals surface area contributed by atoms with Crippen LogP contribution < -0.4 is 0 Å². The van der Waals surface area contributed by atoms with Crippen LogP contribution in [0.1, 0.15) is 15.9 Å². The molecular weight excluding hydrogens is 417 g/mol. The van der Waals surface area contributed by atoms with Crippen LogP contribution in [0, 0.1) is 5.82 Å². The van der Waals surface area contributed by atoms with Crippen molar-refractivity contribution in [1.82, 2.24) is 24.6 Å². The summed E-state index contributed by atoms with van der Waals surface area (Å²) >= 11 is 0. The molecule has 0 aliphatic heterocycles. The molecule has 3 N–H and O–H groups in total. The zero-order valence-corrected chi connectivity index (χ0v) is 16.8. The van der Waals surface area contributed by atoms with Crippen LogP contribution in [0.3, 0.4) is 0 Å². The SMILES string of the molecule is CN(Cc1cccnc1)C(=O)c1cc(-c2nnc(O)n2-c2ccccc2F)c(O)cc1O. The Bertz CT molecular complexity index is 1290. The maximum atomic E-state index is 14.4. The summed E-state index contributed by atoms with van der Waals surface area (Å²) in [5, 5.41) is 38.3. The van der Waals surface area contributed by atoms with Crippen LogP contribution in [-0.4, -0.2) is 52.9 Å². The van der Waals surface area contributed by atoms with Crippen molar-refractivity contribution in [3.8, 4) is 34.6 Å². The molecule has 9 nitrogen and oxygen atoms in total. The Kier molecular flexibility index (Phi) is 5.42. The van der Waals surface area contributed by atoms with Gasteiger partial charge in [0.1, 0.15) is 17.3 Å². The number of halogens is 1. The normalized spacial score (nSPS) is 10.8. The van der Waals surface area contributed by atoms with Gasteiger partial charge in [0, 0.05) is 32.1 Å². The quantitative estimate of drug-likeness (QED) is 0.440. The summed E-state index contributed by atoms with van der Waals surface area (Å²) < 4.78 is 15.4. The number of phenols is 2. The predicted octanol–water partition coefficient (Wildman–Crippen LogP) is 2.86. The van der Waals surface area contributed by atoms with E-state index in [0.717, 1.165) is 16.2 Å². The molecule has 10 heteroatoms. The molecule has 0 saturated heterocycles. The molecule has 4 rings (SSSR count). The highest BCUT2D eigenvalue weighted by Crippen LogP contribution is 2.37. The molecule has 0 saturated carbocycles. The molecule has 0 fully saturated rings. The molecule has 2 aromatic carbocycles. The fraction of sp³-hybridized carbons (Fsp3) is 0.0909. The number of benzene rings is 2. The van der Waals surface area contributed by atoms with Crippen molar-refractivity contribution in [2.24, 2.45) is 0 Å². The van der Waals surface area contributed by atoms with Gasteiger partial charge in [0.15, 0.2) is 5.82 Å². The Morgan fingerprint density at radius 3 is 2.56 bits per heavy atom. The van der Waals surface area contributed by atoms with E-state index in [1.807, 2.05) is 0 Å². The summed E-state index contributed by atoms with van der Waals surface area (Å²) in [6, 6.07) is 10.8. The van der Waals surface area contributed by atoms with Gasteiger partial charge in [-0.25, -0.2) is 8.96 Å². The predicted molar refractivity (Wildman–Crippen MR) is 112 cm³/mol. The number of rotatable bonds is 5. The maximum absolute atomic E-state index is 14.4. The van der Waals surface area contributed by atoms with E-state index in [0.29, 0.717) is 0 Å². The Morgan fingerprint density at radius 2 is 1.84 bits per heavy atom. The minimum absolute atomic E-state index is 0.0306. The van der Waals surface area contributed by atoms with Crippen molar-refractivity contribution in [2.75, 3.05) is 7.05 Å². The van der Waals surface area contributed by atoms with Gasteiger partial charge in [-0.05, 0) is 29.8 Å². The van der Waals surface area contributed by atoms with Crippen molar-refractivity contribution >= 4 is 5.91 Å². The van der Waals surface area contributed by atoms with Crippen LogP contribution in [0.5, 0.6) is 17.5 Å². The molecule has 0 unspecified atom stereocenters. The van der Waals surface area contributed by atoms with Crippen LogP contribution in [0.4, 0.5) is 4.39 Å². The Balaban J connectivity index is 1.76. The summed E-state index contributed by atoms with van der Waals surface area (Å²) in [5.41, 5.74) is 0.578. The number of hydrogen-bond donors (Lipinski definition) is 3. The first kappa shape index (κ1) is 20.8. The van der Waals surface area contributed by atoms with Crippen LogP contribution in [-0.2, 0) is 6.54 Å². The minimum Gasteiger partial charge on any atom is -0.507 e. The zero-order chi connectivity index (χ0) is 22.8. The van der Waals surface area contributed by atoms with Gasteiger partial charge in [0.2, 0.25) is 0 Å². The van der Waals surface area contributed by atoms with E-state index in [4.69, 9.17) is 0 Å². The number of amides is 1. The lowest BCUT2D eigenvalue weighted by Gasteiger charge is -2.19. The standard InChI is InChI=1S/C22H18FN5O4/c1-27(12-13-5-4-8-24-11-13)21(31)15-9-14(18(29)10-19(15)30)20-25-26-22(32)28(20)17-7-3-2-6-16(17)23/h2-11,29-30H,12H2,1H3,(H,26,32). The van der Waals surface area contributed by atoms with Gasteiger partial charge < -0.3 is 20.2 Å². The second kappa shape index (κ2) is 8.34. The molecule has 0 spiro atoms. The zero-order valence-electron chi connectivity index (χ0n) is 16.8. The Morgan fingerprint density at radius 1 is 1.06 bits per heavy atom. The Labute approximate surface area is 181 Å². The average molecular weight is 435 g/mol. The van der Waals surface area contributed by atoms with Crippen molar-refractivity contribution in [1.29, 1.82) is 0 Å². The summed E-state index contributed by atoms with van der Waals surface area (Å²) in [6.45, 7) is 0.231. The van der Waals surface area contributed by atoms with Gasteiger partial charge >= 0.3 is 6.01 Å². The van der Waals surface area contributed by atoms with E-state index in [1.165, 1.54) is 29.2 Å². The van der Waals surface area contributed by atoms with Crippen LogP contribution >= 0.6 is 0 Å². The fourth-order valence-corrected chi connectivity index (χ4v) is 3.28. The minimum atomic E-state index is -0.658. The van der Waals surface area contributed by atoms with Gasteiger partial charge in [-0.2, -0.15) is 0 Å². The smallest absolute Gasteiger partial charge is 0.319 e. The lowest BCUT2D eigenvalue weighted by Crippen LogP contribution is -2.26. The first-order valence-corrected chi connectivity index (χ1v) is 9.47. The molecule has 2 aromatic heterocycles. The topological polar surface area (TPSA) is 125 Å². The number of carbonyl (C=O) groups is 1. The highest BCUT2D eigenvalue weighted by Gasteiger charge is 2.24. The van der Waals surface area contributed by atoms with Gasteiger partial charge in [0.05, 0.1) is 16.8 Å². The van der Waals surface area contributed by atoms with Crippen molar-refractivity contribution in [3.05, 3.63) is 77.9 Å². The van der Waals surface area contributed by atoms with E-state index >= 15 is 0 Å². The molecule has 0 atom stereocenters. The summed E-state index contributed by atoms with van der Waals surface area (Å²) in [4.78, 5) is 18.4. The second-order valence-electron chi connectivity index (χ2n) is 7.02. The Hall–Kier alpha value is -4.47. The van der Waals surface area contributed by atoms with Gasteiger partial charge in [-0.1, -0.05) is 23.3 Å². The van der Waals surface area contributed by atoms with E-state index in [2.05, 4.69) is 15.2 Å². The van der Waals surface area contributed by atoms with E-state index in [1.54, 1.807) is 37.6 Å². The lowest BCUT2D eigenvalue weighted by molar-refractivity contribution is 0.0782. The highest BCUT2D eigenvalue weighted by atomic mass is 19.1. The summed E-state index contributed by atoms with van der Waals surface area (Å²) in [6.07, 6.45) is 3.23. The van der Waals surface area contributed by atoms with E-state index in [-0.39, 0.29) is 29.2 Å². The first-order valence-electron chi connectivity index (χ1n) is 9.47. The average Bonchev–Trinajstić information content (AvgIpc) is 3.15. The molecule has 32 heavy (non-hydrogen) atoms. The molecule has 0 radical (unpaired) electrons. The number of hydrogen-bond acceptors (Lipinski definition) is 7. The highest BCUT2D eigenvalue weighted by molar-refractivity contribution is 5.98. The van der Waals surface area contributed by atoms with Gasteiger partial charge in [-0.15, -0.1) is 5.10 Å². The third-order valence-electron chi connectivity index (χ3n) is 4.81. The van der Waals surface area contributed by atoms with Crippen molar-refractivity contribution in [2.45, 2.75) is 6.54 Å². The number of aromatic hydroxyl groups is 3. The van der Waals surface area contributed by atoms with Crippen LogP contribution in [0.25, 0.3) is 17.1 Å². The molecule has 0 bridgehead atoms. The largest absolute Gasteiger partial charge is 0.507 e. The maximum Gasteiger partial charge on any atom is 0.319 e. The summed E-state index contributed by atoms with van der Waals surface area (Å²) in [7, 11) is 1.55. The van der Waals surface area contributed by atoms with E-state index < -0.39 is 29.2 Å². The molecule has 0 aliphatic rings.